The van der Waals surface area contributed by atoms with E-state index < -0.39 is 52.3 Å². The normalized spacial score (nSPS) is 27.2. The summed E-state index contributed by atoms with van der Waals surface area (Å²) in [7, 11) is 0. The molecule has 0 aliphatic carbocycles. The molecule has 1 amide bonds. The van der Waals surface area contributed by atoms with Crippen molar-refractivity contribution in [3.05, 3.63) is 16.8 Å². The zero-order valence-corrected chi connectivity index (χ0v) is 18.4. The zero-order chi connectivity index (χ0) is 21.4. The van der Waals surface area contributed by atoms with E-state index in [-0.39, 0.29) is 21.8 Å². The molecular weight excluding hydrogens is 438 g/mol. The Bertz CT molecular complexity index is 1020. The number of carbonyl (C=O) groups is 2. The van der Waals surface area contributed by atoms with Crippen LogP contribution in [-0.2, 0) is 31.9 Å². The van der Waals surface area contributed by atoms with E-state index in [0.29, 0.717) is 15.3 Å². The van der Waals surface area contributed by atoms with Gasteiger partial charge in [-0.25, -0.2) is 9.20 Å². The van der Waals surface area contributed by atoms with E-state index in [1.807, 2.05) is 6.92 Å². The van der Waals surface area contributed by atoms with Gasteiger partial charge >= 0.3 is 11.1 Å². The topological polar surface area (TPSA) is 141 Å². The molecule has 2 aliphatic rings. The molecule has 2 aromatic heterocycles. The first kappa shape index (κ1) is 20.7. The number of hydrogen-bond donors (Lipinski definition) is 2. The van der Waals surface area contributed by atoms with E-state index in [1.54, 1.807) is 10.6 Å². The van der Waals surface area contributed by atoms with Crippen LogP contribution in [-0.4, -0.2) is 70.1 Å². The summed E-state index contributed by atoms with van der Waals surface area (Å²) in [6, 6.07) is -0.428. The number of amides is 1. The molecule has 9 nitrogen and oxygen atoms in total. The van der Waals surface area contributed by atoms with E-state index in [9.17, 15) is 28.9 Å². The molecule has 2 aliphatic heterocycles. The average molecular weight is 458 g/mol. The van der Waals surface area contributed by atoms with Gasteiger partial charge in [-0.1, -0.05) is 6.92 Å². The van der Waals surface area contributed by atoms with Gasteiger partial charge in [0, 0.05) is 40.0 Å². The molecule has 0 aromatic carbocycles. The number of aromatic nitrogens is 2. The fourth-order valence-corrected chi connectivity index (χ4v) is 7.16. The van der Waals surface area contributed by atoms with Gasteiger partial charge in [0.25, 0.3) is 5.03 Å². The molecule has 6 atom stereocenters. The molecule has 12 heteroatoms. The predicted molar refractivity (Wildman–Crippen MR) is 107 cm³/mol. The molecule has 0 radical (unpaired) electrons. The lowest BCUT2D eigenvalue weighted by Gasteiger charge is -2.46. The molecule has 4 heterocycles. The van der Waals surface area contributed by atoms with Gasteiger partial charge in [-0.3, -0.25) is 4.79 Å². The Morgan fingerprint density at radius 1 is 1.34 bits per heavy atom. The van der Waals surface area contributed by atoms with E-state index in [2.05, 4.69) is 4.98 Å². The summed E-state index contributed by atoms with van der Waals surface area (Å²) in [4.78, 5) is 31.1. The molecule has 4 rings (SSSR count). The number of nitrogens with zero attached hydrogens (tertiary/aromatic N) is 3. The second-order valence-electron chi connectivity index (χ2n) is 7.20. The van der Waals surface area contributed by atoms with Crippen LogP contribution in [0.1, 0.15) is 18.7 Å². The highest BCUT2D eigenvalue weighted by Crippen LogP contribution is 2.51. The first-order valence-electron chi connectivity index (χ1n) is 8.74. The molecule has 0 saturated carbocycles. The van der Waals surface area contributed by atoms with Crippen molar-refractivity contribution >= 4 is 56.0 Å². The Kier molecular flexibility index (Phi) is 4.99. The lowest BCUT2D eigenvalue weighted by molar-refractivity contribution is -0.163. The third-order valence-electron chi connectivity index (χ3n) is 5.43. The molecule has 2 N–H and O–H groups in total. The van der Waals surface area contributed by atoms with E-state index in [0.717, 1.165) is 0 Å². The van der Waals surface area contributed by atoms with Gasteiger partial charge in [0.15, 0.2) is 4.83 Å². The molecule has 1 saturated heterocycles. The highest BCUT2D eigenvalue weighted by atomic mass is 32.2. The number of hydrogen-bond acceptors (Lipinski definition) is 7. The molecule has 1 fully saturated rings. The monoisotopic (exact) mass is 457 g/mol. The fourth-order valence-electron chi connectivity index (χ4n) is 4.24. The molecular formula is C17H19N3O6S3. The summed E-state index contributed by atoms with van der Waals surface area (Å²) in [6.45, 7) is 3.35. The minimum atomic E-state index is -1.44. The zero-order valence-electron chi connectivity index (χ0n) is 16.0. The third-order valence-corrected chi connectivity index (χ3v) is 8.32. The summed E-state index contributed by atoms with van der Waals surface area (Å²) in [5.74, 6) is -2.59. The van der Waals surface area contributed by atoms with Crippen LogP contribution >= 0.6 is 11.3 Å². The standard InChI is InChI=1S/C17H19N3O6S3/c1-6-9(12(16(23)24)20-11(6)10(7(2)21)14(20)22)8-5-19-15(27-8)13(28(3)25)18-17(19)29(4)26/h5-7,10-11,21H,1-4H3,(H,23,24)/t6-,7+,10+,11+,28?,29?/m0/s1. The second-order valence-corrected chi connectivity index (χ2v) is 10.8. The van der Waals surface area contributed by atoms with Gasteiger partial charge in [-0.2, -0.15) is 0 Å². The first-order valence-corrected chi connectivity index (χ1v) is 12.7. The Morgan fingerprint density at radius 2 is 2.00 bits per heavy atom. The van der Waals surface area contributed by atoms with Crippen LogP contribution in [0.2, 0.25) is 0 Å². The number of imidazole rings is 1. The van der Waals surface area contributed by atoms with Crippen LogP contribution in [0.3, 0.4) is 0 Å². The second kappa shape index (κ2) is 7.00. The number of fused-ring (bicyclic) bond motifs is 2. The molecule has 156 valence electrons. The first-order chi connectivity index (χ1) is 13.6. The number of aliphatic hydroxyl groups is 1. The Labute approximate surface area is 176 Å². The maximum absolute atomic E-state index is 12.5. The van der Waals surface area contributed by atoms with Crippen molar-refractivity contribution in [2.75, 3.05) is 12.5 Å². The quantitative estimate of drug-likeness (QED) is 0.492. The fraction of sp³-hybridized carbons (Fsp3) is 0.471. The van der Waals surface area contributed by atoms with Crippen molar-refractivity contribution < 1.29 is 28.9 Å². The number of carbonyl (C=O) groups excluding carboxylic acids is 1. The summed E-state index contributed by atoms with van der Waals surface area (Å²) in [5.41, 5.74) is 0.383. The van der Waals surface area contributed by atoms with Crippen LogP contribution in [0, 0.1) is 11.8 Å². The minimum absolute atomic E-state index is 0.0970. The number of aliphatic carboxylic acids is 1. The van der Waals surface area contributed by atoms with Gasteiger partial charge in [0.1, 0.15) is 18.2 Å². The van der Waals surface area contributed by atoms with Crippen LogP contribution in [0.15, 0.2) is 22.1 Å². The Hall–Kier alpha value is -1.57. The molecule has 29 heavy (non-hydrogen) atoms. The van der Waals surface area contributed by atoms with E-state index in [1.165, 1.54) is 35.7 Å². The summed E-state index contributed by atoms with van der Waals surface area (Å²) in [6.07, 6.45) is 3.70. The van der Waals surface area contributed by atoms with Crippen molar-refractivity contribution in [2.24, 2.45) is 11.8 Å². The summed E-state index contributed by atoms with van der Waals surface area (Å²) >= 11 is -1.65. The van der Waals surface area contributed by atoms with Crippen LogP contribution in [0.5, 0.6) is 0 Å². The molecule has 2 unspecified atom stereocenters. The van der Waals surface area contributed by atoms with Crippen LogP contribution in [0.4, 0.5) is 0 Å². The summed E-state index contributed by atoms with van der Waals surface area (Å²) < 4.78 is 25.8. The van der Waals surface area contributed by atoms with Crippen molar-refractivity contribution in [3.8, 4) is 0 Å². The van der Waals surface area contributed by atoms with Crippen molar-refractivity contribution in [2.45, 2.75) is 36.2 Å². The van der Waals surface area contributed by atoms with Crippen LogP contribution < -0.4 is 0 Å². The third kappa shape index (κ3) is 2.85. The van der Waals surface area contributed by atoms with Crippen LogP contribution in [0.25, 0.3) is 10.4 Å². The van der Waals surface area contributed by atoms with Gasteiger partial charge < -0.3 is 24.2 Å². The van der Waals surface area contributed by atoms with Crippen molar-refractivity contribution in [1.82, 2.24) is 14.3 Å². The molecule has 0 bridgehead atoms. The smallest absolute Gasteiger partial charge is 0.352 e. The Morgan fingerprint density at radius 3 is 2.52 bits per heavy atom. The van der Waals surface area contributed by atoms with Gasteiger partial charge in [0.05, 0.1) is 22.9 Å². The number of aliphatic hydroxyl groups excluding tert-OH is 1. The number of β-lactam (4-membered cyclic amide) rings is 1. The lowest BCUT2D eigenvalue weighted by atomic mass is 9.77. The van der Waals surface area contributed by atoms with Gasteiger partial charge in [-0.05, 0) is 6.92 Å². The highest BCUT2D eigenvalue weighted by Gasteiger charge is 2.60. The molecule has 2 aromatic rings. The van der Waals surface area contributed by atoms with Gasteiger partial charge in [-0.15, -0.1) is 16.3 Å². The lowest BCUT2D eigenvalue weighted by Crippen LogP contribution is -2.63. The van der Waals surface area contributed by atoms with Crippen molar-refractivity contribution in [1.29, 1.82) is 0 Å². The number of carboxylic acids is 1. The minimum Gasteiger partial charge on any atom is -0.610 e. The summed E-state index contributed by atoms with van der Waals surface area (Å²) in [5, 5.41) is 20.3. The molecule has 0 spiro atoms. The maximum Gasteiger partial charge on any atom is 0.352 e. The predicted octanol–water partition coefficient (Wildman–Crippen LogP) is 0.524. The number of carboxylic acid groups (broad SMARTS) is 1. The number of thiazole rings is 1. The van der Waals surface area contributed by atoms with Crippen molar-refractivity contribution in [3.63, 3.8) is 0 Å². The highest BCUT2D eigenvalue weighted by molar-refractivity contribution is 7.91. The van der Waals surface area contributed by atoms with E-state index in [4.69, 9.17) is 0 Å². The average Bonchev–Trinajstić information content (AvgIpc) is 3.22. The Balaban J connectivity index is 1.90. The largest absolute Gasteiger partial charge is 0.610 e. The number of rotatable bonds is 5. The van der Waals surface area contributed by atoms with E-state index >= 15 is 0 Å². The SMILES string of the molecule is C[C@@H](O)[C@H]1C(=O)N2C(C(=O)O)=C(c3cn4c([S+](C)[O-])nc([S+](C)[O-])c4s3)[C@H](C)[C@H]12. The van der Waals surface area contributed by atoms with Gasteiger partial charge in [0.2, 0.25) is 5.91 Å². The maximum atomic E-state index is 12.5.